The molecule has 3 nitrogen and oxygen atoms in total. The zero-order chi connectivity index (χ0) is 12.2. The summed E-state index contributed by atoms with van der Waals surface area (Å²) in [5.41, 5.74) is 3.48. The number of fused-ring (bicyclic) bond motifs is 1. The Labute approximate surface area is 108 Å². The molecule has 0 saturated carbocycles. The molecule has 1 aromatic rings. The van der Waals surface area contributed by atoms with Gasteiger partial charge in [0.15, 0.2) is 0 Å². The van der Waals surface area contributed by atoms with E-state index in [2.05, 4.69) is 45.7 Å². The third-order valence-electron chi connectivity index (χ3n) is 3.44. The van der Waals surface area contributed by atoms with Crippen molar-refractivity contribution in [1.82, 2.24) is 5.32 Å². The minimum Gasteiger partial charge on any atom is -0.346 e. The Hall–Kier alpha value is -1.79. The first-order valence-electron chi connectivity index (χ1n) is 6.52. The molecule has 2 aliphatic heterocycles. The predicted octanol–water partition coefficient (Wildman–Crippen LogP) is 1.99. The van der Waals surface area contributed by atoms with Gasteiger partial charge in [-0.15, -0.1) is 0 Å². The first-order chi connectivity index (χ1) is 8.92. The van der Waals surface area contributed by atoms with Gasteiger partial charge >= 0.3 is 0 Å². The second kappa shape index (κ2) is 5.24. The van der Waals surface area contributed by atoms with Crippen molar-refractivity contribution in [2.45, 2.75) is 19.4 Å². The predicted molar refractivity (Wildman–Crippen MR) is 74.7 cm³/mol. The molecular formula is C15H17N3. The maximum atomic E-state index is 4.22. The van der Waals surface area contributed by atoms with E-state index in [9.17, 15) is 0 Å². The number of hydrogen-bond donors (Lipinski definition) is 2. The largest absolute Gasteiger partial charge is 0.346 e. The summed E-state index contributed by atoms with van der Waals surface area (Å²) >= 11 is 0. The van der Waals surface area contributed by atoms with Crippen molar-refractivity contribution in [2.75, 3.05) is 18.4 Å². The van der Waals surface area contributed by atoms with E-state index in [1.54, 1.807) is 6.34 Å². The van der Waals surface area contributed by atoms with E-state index in [1.165, 1.54) is 18.4 Å². The Morgan fingerprint density at radius 1 is 1.22 bits per heavy atom. The maximum Gasteiger partial charge on any atom is 0.0872 e. The van der Waals surface area contributed by atoms with Gasteiger partial charge in [0, 0.05) is 17.2 Å². The van der Waals surface area contributed by atoms with Crippen LogP contribution in [0.1, 0.15) is 24.0 Å². The highest BCUT2D eigenvalue weighted by molar-refractivity contribution is 5.79. The lowest BCUT2D eigenvalue weighted by Crippen LogP contribution is -2.26. The molecule has 0 aliphatic carbocycles. The van der Waals surface area contributed by atoms with Crippen molar-refractivity contribution >= 4 is 12.0 Å². The highest BCUT2D eigenvalue weighted by atomic mass is 15.0. The van der Waals surface area contributed by atoms with E-state index in [1.807, 2.05) is 0 Å². The summed E-state index contributed by atoms with van der Waals surface area (Å²) < 4.78 is 0. The smallest absolute Gasteiger partial charge is 0.0872 e. The molecule has 0 aromatic heterocycles. The Balaban J connectivity index is 1.75. The first kappa shape index (κ1) is 11.3. The fourth-order valence-electron chi connectivity index (χ4n) is 2.35. The molecule has 2 aliphatic rings. The van der Waals surface area contributed by atoms with E-state index in [4.69, 9.17) is 0 Å². The molecule has 0 atom stereocenters. The van der Waals surface area contributed by atoms with Crippen LogP contribution < -0.4 is 10.6 Å². The van der Waals surface area contributed by atoms with Gasteiger partial charge in [0.2, 0.25) is 0 Å². The molecule has 2 heterocycles. The average molecular weight is 239 g/mol. The number of nitrogens with zero attached hydrogens (tertiary/aromatic N) is 1. The fraction of sp³-hybridized carbons (Fsp3) is 0.400. The summed E-state index contributed by atoms with van der Waals surface area (Å²) in [6.07, 6.45) is 4.09. The van der Waals surface area contributed by atoms with Crippen molar-refractivity contribution < 1.29 is 0 Å². The number of anilines is 1. The third-order valence-corrected chi connectivity index (χ3v) is 3.44. The third kappa shape index (κ3) is 2.55. The van der Waals surface area contributed by atoms with Gasteiger partial charge in [0.1, 0.15) is 0 Å². The molecule has 1 saturated heterocycles. The molecule has 2 N–H and O–H groups in total. The van der Waals surface area contributed by atoms with Crippen LogP contribution in [0.25, 0.3) is 0 Å². The van der Waals surface area contributed by atoms with E-state index in [0.717, 1.165) is 30.9 Å². The minimum atomic E-state index is 0.554. The Morgan fingerprint density at radius 3 is 3.00 bits per heavy atom. The van der Waals surface area contributed by atoms with Crippen LogP contribution in [0.5, 0.6) is 0 Å². The van der Waals surface area contributed by atoms with Crippen LogP contribution in [-0.4, -0.2) is 19.4 Å². The van der Waals surface area contributed by atoms with Gasteiger partial charge in [-0.3, -0.25) is 4.99 Å². The zero-order valence-corrected chi connectivity index (χ0v) is 10.4. The molecule has 18 heavy (non-hydrogen) atoms. The summed E-state index contributed by atoms with van der Waals surface area (Å²) in [6.45, 7) is 2.95. The second-order valence-corrected chi connectivity index (χ2v) is 4.78. The van der Waals surface area contributed by atoms with Gasteiger partial charge in [-0.1, -0.05) is 11.8 Å². The minimum absolute atomic E-state index is 0.554. The van der Waals surface area contributed by atoms with Gasteiger partial charge < -0.3 is 10.6 Å². The molecule has 0 bridgehead atoms. The molecule has 1 aromatic carbocycles. The maximum absolute atomic E-state index is 4.22. The SMILES string of the molecule is C(#CC1CCNCC1)c1ccc2c(c1)CN=CN2. The van der Waals surface area contributed by atoms with Gasteiger partial charge in [0.25, 0.3) is 0 Å². The Morgan fingerprint density at radius 2 is 2.11 bits per heavy atom. The molecule has 3 heteroatoms. The lowest BCUT2D eigenvalue weighted by Gasteiger charge is -2.17. The van der Waals surface area contributed by atoms with Gasteiger partial charge in [0.05, 0.1) is 12.9 Å². The van der Waals surface area contributed by atoms with Crippen molar-refractivity contribution in [2.24, 2.45) is 10.9 Å². The van der Waals surface area contributed by atoms with Crippen LogP contribution in [0.15, 0.2) is 23.2 Å². The molecule has 1 fully saturated rings. The number of benzene rings is 1. The average Bonchev–Trinajstić information content (AvgIpc) is 2.46. The standard InChI is InChI=1S/C15H17N3/c1(12-5-7-16-8-6-12)2-13-3-4-15-14(9-13)10-17-11-18-15/h3-4,9,11-12,16H,5-8,10H2,(H,17,18). The monoisotopic (exact) mass is 239 g/mol. The fourth-order valence-corrected chi connectivity index (χ4v) is 2.35. The summed E-state index contributed by atoms with van der Waals surface area (Å²) in [5.74, 6) is 7.26. The summed E-state index contributed by atoms with van der Waals surface area (Å²) in [5, 5.41) is 6.51. The van der Waals surface area contributed by atoms with Crippen molar-refractivity contribution in [3.05, 3.63) is 29.3 Å². The van der Waals surface area contributed by atoms with Crippen LogP contribution >= 0.6 is 0 Å². The van der Waals surface area contributed by atoms with Crippen LogP contribution in [0, 0.1) is 17.8 Å². The van der Waals surface area contributed by atoms with Crippen molar-refractivity contribution in [3.8, 4) is 11.8 Å². The number of rotatable bonds is 0. The van der Waals surface area contributed by atoms with Crippen LogP contribution in [0.2, 0.25) is 0 Å². The highest BCUT2D eigenvalue weighted by Crippen LogP contribution is 2.20. The van der Waals surface area contributed by atoms with E-state index < -0.39 is 0 Å². The lowest BCUT2D eigenvalue weighted by atomic mass is 9.98. The number of piperidine rings is 1. The van der Waals surface area contributed by atoms with Crippen LogP contribution in [0.4, 0.5) is 5.69 Å². The van der Waals surface area contributed by atoms with Gasteiger partial charge in [-0.2, -0.15) is 0 Å². The topological polar surface area (TPSA) is 36.4 Å². The van der Waals surface area contributed by atoms with E-state index >= 15 is 0 Å². The Bertz CT molecular complexity index is 516. The van der Waals surface area contributed by atoms with E-state index in [-0.39, 0.29) is 0 Å². The summed E-state index contributed by atoms with van der Waals surface area (Å²) in [7, 11) is 0. The molecule has 0 unspecified atom stereocenters. The first-order valence-corrected chi connectivity index (χ1v) is 6.52. The highest BCUT2D eigenvalue weighted by Gasteiger charge is 2.09. The van der Waals surface area contributed by atoms with Gasteiger partial charge in [-0.05, 0) is 49.7 Å². The quantitative estimate of drug-likeness (QED) is 0.679. The lowest BCUT2D eigenvalue weighted by molar-refractivity contribution is 0.447. The zero-order valence-electron chi connectivity index (χ0n) is 10.4. The van der Waals surface area contributed by atoms with Crippen LogP contribution in [-0.2, 0) is 6.54 Å². The number of nitrogens with one attached hydrogen (secondary N) is 2. The molecule has 3 rings (SSSR count). The van der Waals surface area contributed by atoms with Crippen molar-refractivity contribution in [1.29, 1.82) is 0 Å². The van der Waals surface area contributed by atoms with Crippen LogP contribution in [0.3, 0.4) is 0 Å². The normalized spacial score (nSPS) is 18.4. The molecule has 92 valence electrons. The molecule has 0 spiro atoms. The number of aliphatic imine (C=N–C) groups is 1. The van der Waals surface area contributed by atoms with Crippen molar-refractivity contribution in [3.63, 3.8) is 0 Å². The second-order valence-electron chi connectivity index (χ2n) is 4.78. The number of hydrogen-bond acceptors (Lipinski definition) is 3. The Kier molecular flexibility index (Phi) is 3.29. The molecule has 0 amide bonds. The molecular weight excluding hydrogens is 222 g/mol. The summed E-state index contributed by atoms with van der Waals surface area (Å²) in [6, 6.07) is 6.32. The van der Waals surface area contributed by atoms with E-state index in [0.29, 0.717) is 5.92 Å². The van der Waals surface area contributed by atoms with Gasteiger partial charge in [-0.25, -0.2) is 0 Å². The molecule has 0 radical (unpaired) electrons. The summed E-state index contributed by atoms with van der Waals surface area (Å²) in [4.78, 5) is 4.22.